The van der Waals surface area contributed by atoms with Gasteiger partial charge < -0.3 is 10.6 Å². The van der Waals surface area contributed by atoms with Crippen LogP contribution in [0, 0.1) is 5.92 Å². The summed E-state index contributed by atoms with van der Waals surface area (Å²) in [6.45, 7) is 5.15. The van der Waals surface area contributed by atoms with Crippen LogP contribution in [0.4, 0.5) is 5.69 Å². The molecular formula is C13H19ClN2. The Kier molecular flexibility index (Phi) is 3.72. The maximum Gasteiger partial charge on any atom is 0.0412 e. The highest BCUT2D eigenvalue weighted by Crippen LogP contribution is 2.28. The number of nitrogens with zero attached hydrogens (tertiary/aromatic N) is 1. The molecule has 1 aliphatic rings. The van der Waals surface area contributed by atoms with Crippen LogP contribution in [0.3, 0.4) is 0 Å². The lowest BCUT2D eigenvalue weighted by atomic mass is 9.98. The molecule has 0 spiro atoms. The largest absolute Gasteiger partial charge is 0.371 e. The van der Waals surface area contributed by atoms with Gasteiger partial charge in [-0.25, -0.2) is 0 Å². The number of rotatable bonds is 2. The number of benzene rings is 1. The van der Waals surface area contributed by atoms with E-state index in [4.69, 9.17) is 17.3 Å². The fourth-order valence-corrected chi connectivity index (χ4v) is 2.47. The molecule has 88 valence electrons. The van der Waals surface area contributed by atoms with Crippen LogP contribution in [0.2, 0.25) is 5.02 Å². The molecule has 0 bridgehead atoms. The van der Waals surface area contributed by atoms with Crippen molar-refractivity contribution in [2.75, 3.05) is 18.0 Å². The number of hydrogen-bond donors (Lipinski definition) is 1. The molecule has 2 nitrogen and oxygen atoms in total. The number of anilines is 1. The van der Waals surface area contributed by atoms with Gasteiger partial charge in [0.2, 0.25) is 0 Å². The molecule has 0 aromatic heterocycles. The third-order valence-corrected chi connectivity index (χ3v) is 3.62. The molecule has 0 amide bonds. The van der Waals surface area contributed by atoms with Gasteiger partial charge in [-0.1, -0.05) is 18.5 Å². The summed E-state index contributed by atoms with van der Waals surface area (Å²) in [6.07, 6.45) is 2.54. The van der Waals surface area contributed by atoms with Crippen LogP contribution in [-0.2, 0) is 6.54 Å². The molecule has 0 aliphatic carbocycles. The van der Waals surface area contributed by atoms with Crippen LogP contribution in [0.25, 0.3) is 0 Å². The summed E-state index contributed by atoms with van der Waals surface area (Å²) in [5.74, 6) is 0.852. The Morgan fingerprint density at radius 3 is 2.69 bits per heavy atom. The van der Waals surface area contributed by atoms with Gasteiger partial charge in [0, 0.05) is 30.3 Å². The first-order chi connectivity index (χ1) is 7.70. The lowest BCUT2D eigenvalue weighted by Gasteiger charge is -2.33. The summed E-state index contributed by atoms with van der Waals surface area (Å²) in [5, 5.41) is 0.773. The summed E-state index contributed by atoms with van der Waals surface area (Å²) in [4.78, 5) is 2.43. The monoisotopic (exact) mass is 238 g/mol. The topological polar surface area (TPSA) is 29.3 Å². The van der Waals surface area contributed by atoms with Gasteiger partial charge in [0.25, 0.3) is 0 Å². The Morgan fingerprint density at radius 2 is 2.06 bits per heavy atom. The zero-order valence-electron chi connectivity index (χ0n) is 9.75. The van der Waals surface area contributed by atoms with Gasteiger partial charge in [0.15, 0.2) is 0 Å². The molecule has 1 heterocycles. The van der Waals surface area contributed by atoms with E-state index in [0.29, 0.717) is 6.54 Å². The van der Waals surface area contributed by atoms with E-state index in [1.165, 1.54) is 18.5 Å². The lowest BCUT2D eigenvalue weighted by molar-refractivity contribution is 0.438. The minimum atomic E-state index is 0.557. The summed E-state index contributed by atoms with van der Waals surface area (Å²) in [7, 11) is 0. The first-order valence-corrected chi connectivity index (χ1v) is 6.32. The number of piperidine rings is 1. The van der Waals surface area contributed by atoms with E-state index < -0.39 is 0 Å². The average molecular weight is 239 g/mol. The Bertz CT molecular complexity index is 357. The molecule has 1 fully saturated rings. The van der Waals surface area contributed by atoms with Gasteiger partial charge in [-0.15, -0.1) is 0 Å². The molecule has 16 heavy (non-hydrogen) atoms. The summed E-state index contributed by atoms with van der Waals surface area (Å²) < 4.78 is 0. The van der Waals surface area contributed by atoms with E-state index in [0.717, 1.165) is 29.6 Å². The highest BCUT2D eigenvalue weighted by atomic mass is 35.5. The fourth-order valence-electron chi connectivity index (χ4n) is 2.28. The van der Waals surface area contributed by atoms with Gasteiger partial charge in [-0.3, -0.25) is 0 Å². The maximum absolute atomic E-state index is 5.98. The van der Waals surface area contributed by atoms with Crippen LogP contribution in [0.15, 0.2) is 18.2 Å². The van der Waals surface area contributed by atoms with E-state index in [1.807, 2.05) is 12.1 Å². The van der Waals surface area contributed by atoms with E-state index in [1.54, 1.807) is 0 Å². The Hall–Kier alpha value is -0.730. The molecule has 1 aromatic rings. The average Bonchev–Trinajstić information content (AvgIpc) is 2.30. The van der Waals surface area contributed by atoms with E-state index in [2.05, 4.69) is 17.9 Å². The smallest absolute Gasteiger partial charge is 0.0412 e. The van der Waals surface area contributed by atoms with Crippen LogP contribution in [0.5, 0.6) is 0 Å². The normalized spacial score (nSPS) is 17.8. The highest BCUT2D eigenvalue weighted by Gasteiger charge is 2.17. The van der Waals surface area contributed by atoms with E-state index in [9.17, 15) is 0 Å². The minimum absolute atomic E-state index is 0.557. The first kappa shape index (κ1) is 11.7. The lowest BCUT2D eigenvalue weighted by Crippen LogP contribution is -2.33. The Balaban J connectivity index is 2.19. The van der Waals surface area contributed by atoms with Crippen molar-refractivity contribution < 1.29 is 0 Å². The second kappa shape index (κ2) is 5.07. The van der Waals surface area contributed by atoms with Gasteiger partial charge in [0.1, 0.15) is 0 Å². The molecule has 0 unspecified atom stereocenters. The summed E-state index contributed by atoms with van der Waals surface area (Å²) in [6, 6.07) is 6.03. The number of nitrogens with two attached hydrogens (primary N) is 1. The van der Waals surface area contributed by atoms with Crippen molar-refractivity contribution in [3.63, 3.8) is 0 Å². The second-order valence-corrected chi connectivity index (χ2v) is 5.08. The molecular weight excluding hydrogens is 220 g/mol. The van der Waals surface area contributed by atoms with Crippen molar-refractivity contribution >= 4 is 17.3 Å². The highest BCUT2D eigenvalue weighted by molar-refractivity contribution is 6.30. The third-order valence-electron chi connectivity index (χ3n) is 3.39. The second-order valence-electron chi connectivity index (χ2n) is 4.65. The number of halogens is 1. The van der Waals surface area contributed by atoms with Crippen LogP contribution < -0.4 is 10.6 Å². The van der Waals surface area contributed by atoms with Crippen LogP contribution in [-0.4, -0.2) is 13.1 Å². The van der Waals surface area contributed by atoms with Crippen LogP contribution in [0.1, 0.15) is 25.3 Å². The maximum atomic E-state index is 5.98. The van der Waals surface area contributed by atoms with E-state index in [-0.39, 0.29) is 0 Å². The quantitative estimate of drug-likeness (QED) is 0.858. The van der Waals surface area contributed by atoms with Crippen LogP contribution >= 0.6 is 11.6 Å². The predicted octanol–water partition coefficient (Wildman–Crippen LogP) is 3.04. The fraction of sp³-hybridized carbons (Fsp3) is 0.538. The van der Waals surface area contributed by atoms with Crippen molar-refractivity contribution in [3.8, 4) is 0 Å². The van der Waals surface area contributed by atoms with Gasteiger partial charge in [-0.2, -0.15) is 0 Å². The molecule has 1 saturated heterocycles. The van der Waals surface area contributed by atoms with Gasteiger partial charge in [0.05, 0.1) is 0 Å². The van der Waals surface area contributed by atoms with Gasteiger partial charge in [-0.05, 0) is 42.5 Å². The standard InChI is InChI=1S/C13H19ClN2/c1-10-4-6-16(7-5-10)13-3-2-12(14)8-11(13)9-15/h2-3,8,10H,4-7,9,15H2,1H3. The van der Waals surface area contributed by atoms with Crippen molar-refractivity contribution in [3.05, 3.63) is 28.8 Å². The first-order valence-electron chi connectivity index (χ1n) is 5.94. The number of hydrogen-bond acceptors (Lipinski definition) is 2. The Morgan fingerprint density at radius 1 is 1.38 bits per heavy atom. The third kappa shape index (κ3) is 2.50. The molecule has 0 saturated carbocycles. The predicted molar refractivity (Wildman–Crippen MR) is 70.0 cm³/mol. The summed E-state index contributed by atoms with van der Waals surface area (Å²) >= 11 is 5.98. The molecule has 1 aromatic carbocycles. The van der Waals surface area contributed by atoms with Crippen molar-refractivity contribution in [1.29, 1.82) is 0 Å². The SMILES string of the molecule is CC1CCN(c2ccc(Cl)cc2CN)CC1. The van der Waals surface area contributed by atoms with Crippen molar-refractivity contribution in [1.82, 2.24) is 0 Å². The van der Waals surface area contributed by atoms with Crippen molar-refractivity contribution in [2.24, 2.45) is 11.7 Å². The molecule has 2 N–H and O–H groups in total. The Labute approximate surface area is 102 Å². The molecule has 2 rings (SSSR count). The zero-order valence-corrected chi connectivity index (χ0v) is 10.5. The zero-order chi connectivity index (χ0) is 11.5. The van der Waals surface area contributed by atoms with Gasteiger partial charge >= 0.3 is 0 Å². The molecule has 3 heteroatoms. The molecule has 1 aliphatic heterocycles. The van der Waals surface area contributed by atoms with E-state index >= 15 is 0 Å². The van der Waals surface area contributed by atoms with Crippen molar-refractivity contribution in [2.45, 2.75) is 26.3 Å². The summed E-state index contributed by atoms with van der Waals surface area (Å²) in [5.41, 5.74) is 8.19. The molecule has 0 radical (unpaired) electrons. The molecule has 0 atom stereocenters. The minimum Gasteiger partial charge on any atom is -0.371 e.